The molecular weight excluding hydrogens is 539 g/mol. The van der Waals surface area contributed by atoms with Gasteiger partial charge in [-0.15, -0.1) is 0 Å². The van der Waals surface area contributed by atoms with Crippen LogP contribution in [0.15, 0.2) is 47.3 Å². The molecule has 0 aliphatic carbocycles. The van der Waals surface area contributed by atoms with E-state index in [2.05, 4.69) is 51.3 Å². The summed E-state index contributed by atoms with van der Waals surface area (Å²) >= 11 is 2.25. The molecule has 172 valence electrons. The van der Waals surface area contributed by atoms with Gasteiger partial charge in [0.1, 0.15) is 18.2 Å². The molecule has 1 aromatic heterocycles. The predicted octanol–water partition coefficient (Wildman–Crippen LogP) is 4.58. The van der Waals surface area contributed by atoms with Gasteiger partial charge in [-0.2, -0.15) is 4.98 Å². The molecule has 0 aliphatic heterocycles. The monoisotopic (exact) mass is 562 g/mol. The summed E-state index contributed by atoms with van der Waals surface area (Å²) in [7, 11) is 0. The summed E-state index contributed by atoms with van der Waals surface area (Å²) in [5.41, 5.74) is 0.729. The number of H-pyrrole nitrogens is 1. The molecule has 33 heavy (non-hydrogen) atoms. The topological polar surface area (TPSA) is 122 Å². The van der Waals surface area contributed by atoms with Crippen molar-refractivity contribution in [1.29, 1.82) is 0 Å². The maximum atomic E-state index is 11.9. The molecule has 0 radical (unpaired) electrons. The van der Waals surface area contributed by atoms with E-state index in [0.29, 0.717) is 12.4 Å². The second-order valence-corrected chi connectivity index (χ2v) is 8.27. The van der Waals surface area contributed by atoms with Gasteiger partial charge in [-0.1, -0.05) is 12.1 Å². The van der Waals surface area contributed by atoms with E-state index in [9.17, 15) is 20.0 Å². The van der Waals surface area contributed by atoms with Gasteiger partial charge >= 0.3 is 11.2 Å². The van der Waals surface area contributed by atoms with Gasteiger partial charge in [0.15, 0.2) is 0 Å². The lowest BCUT2D eigenvalue weighted by Gasteiger charge is -2.22. The highest BCUT2D eigenvalue weighted by molar-refractivity contribution is 14.1. The molecule has 9 nitrogen and oxygen atoms in total. The first kappa shape index (κ1) is 24.2. The Balaban J connectivity index is 1.93. The van der Waals surface area contributed by atoms with Crippen LogP contribution >= 0.6 is 22.6 Å². The van der Waals surface area contributed by atoms with Crippen LogP contribution in [0.5, 0.6) is 11.6 Å². The molecular formula is C23H23IN4O5. The number of aromatic amines is 1. The van der Waals surface area contributed by atoms with E-state index in [1.807, 2.05) is 42.5 Å². The van der Waals surface area contributed by atoms with Crippen LogP contribution in [-0.4, -0.2) is 33.1 Å². The third-order valence-corrected chi connectivity index (χ3v) is 5.65. The largest absolute Gasteiger partial charge is 0.488 e. The summed E-state index contributed by atoms with van der Waals surface area (Å²) in [6, 6.07) is 13.8. The number of hydrogen-bond acceptors (Lipinski definition) is 7. The number of aromatic hydroxyl groups is 1. The Kier molecular flexibility index (Phi) is 8.04. The summed E-state index contributed by atoms with van der Waals surface area (Å²) in [6.45, 7) is 6.21. The Morgan fingerprint density at radius 2 is 1.88 bits per heavy atom. The fourth-order valence-corrected chi connectivity index (χ4v) is 3.56. The lowest BCUT2D eigenvalue weighted by atomic mass is 10.1. The van der Waals surface area contributed by atoms with Crippen molar-refractivity contribution in [2.75, 3.05) is 18.0 Å². The van der Waals surface area contributed by atoms with E-state index in [-0.39, 0.29) is 5.82 Å². The normalized spacial score (nSPS) is 11.0. The van der Waals surface area contributed by atoms with E-state index in [1.54, 1.807) is 6.08 Å². The Hall–Kier alpha value is -3.41. The van der Waals surface area contributed by atoms with E-state index in [1.165, 1.54) is 6.08 Å². The van der Waals surface area contributed by atoms with Gasteiger partial charge in [-0.25, -0.2) is 0 Å². The first-order valence-corrected chi connectivity index (χ1v) is 11.3. The molecule has 1 heterocycles. The van der Waals surface area contributed by atoms with Crippen LogP contribution in [0.3, 0.4) is 0 Å². The van der Waals surface area contributed by atoms with Gasteiger partial charge in [-0.05, 0) is 78.4 Å². The van der Waals surface area contributed by atoms with Crippen molar-refractivity contribution in [3.63, 3.8) is 0 Å². The lowest BCUT2D eigenvalue weighted by molar-refractivity contribution is -0.387. The van der Waals surface area contributed by atoms with Gasteiger partial charge in [0, 0.05) is 34.0 Å². The number of halogens is 1. The number of aromatic nitrogens is 2. The summed E-state index contributed by atoms with van der Waals surface area (Å²) in [5, 5.41) is 20.6. The number of nitro groups is 1. The van der Waals surface area contributed by atoms with Gasteiger partial charge < -0.3 is 19.7 Å². The van der Waals surface area contributed by atoms with Crippen LogP contribution in [0.1, 0.15) is 30.8 Å². The van der Waals surface area contributed by atoms with Crippen LogP contribution in [0, 0.1) is 13.7 Å². The summed E-state index contributed by atoms with van der Waals surface area (Å²) in [5.74, 6) is -0.322. The van der Waals surface area contributed by atoms with Crippen molar-refractivity contribution in [2.24, 2.45) is 0 Å². The Morgan fingerprint density at radius 1 is 1.18 bits per heavy atom. The summed E-state index contributed by atoms with van der Waals surface area (Å²) in [4.78, 5) is 30.0. The molecule has 0 fully saturated rings. The molecule has 0 saturated heterocycles. The average molecular weight is 562 g/mol. The molecule has 0 amide bonds. The minimum Gasteiger partial charge on any atom is -0.488 e. The standard InChI is InChI=1S/C23H23IN4O5/c1-3-27(4-2)18-11-7-16(19(13-18)33-14-15-5-9-17(24)10-6-15)8-12-20-25-22(29)21(28(31)32)23(30)26-20/h5-13H,3-4,14H2,1-2H3,(H2,25,26,29,30)/b12-8+. The number of nitrogens with one attached hydrogen (secondary N) is 1. The SMILES string of the molecule is CCN(CC)c1ccc(/C=C/c2nc(O)c([N+](=O)[O-])c(=O)[nH]2)c(OCc2ccc(I)cc2)c1. The molecule has 0 aliphatic rings. The highest BCUT2D eigenvalue weighted by Crippen LogP contribution is 2.28. The molecule has 10 heteroatoms. The fourth-order valence-electron chi connectivity index (χ4n) is 3.20. The van der Waals surface area contributed by atoms with Gasteiger partial charge in [0.05, 0.1) is 4.92 Å². The first-order chi connectivity index (χ1) is 15.8. The second-order valence-electron chi connectivity index (χ2n) is 7.02. The summed E-state index contributed by atoms with van der Waals surface area (Å²) in [6.07, 6.45) is 3.12. The molecule has 3 aromatic rings. The molecule has 3 rings (SSSR count). The third-order valence-electron chi connectivity index (χ3n) is 4.93. The average Bonchev–Trinajstić information content (AvgIpc) is 2.78. The number of rotatable bonds is 9. The smallest absolute Gasteiger partial charge is 0.395 e. The van der Waals surface area contributed by atoms with Crippen LogP contribution in [0.25, 0.3) is 12.2 Å². The van der Waals surface area contributed by atoms with Crippen LogP contribution in [0.2, 0.25) is 0 Å². The van der Waals surface area contributed by atoms with Gasteiger partial charge in [0.25, 0.3) is 5.88 Å². The highest BCUT2D eigenvalue weighted by atomic mass is 127. The van der Waals surface area contributed by atoms with E-state index in [4.69, 9.17) is 4.74 Å². The van der Waals surface area contributed by atoms with Gasteiger partial charge in [-0.3, -0.25) is 14.9 Å². The number of nitrogens with zero attached hydrogens (tertiary/aromatic N) is 3. The van der Waals surface area contributed by atoms with Crippen molar-refractivity contribution in [1.82, 2.24) is 9.97 Å². The van der Waals surface area contributed by atoms with Crippen LogP contribution < -0.4 is 15.2 Å². The zero-order chi connectivity index (χ0) is 24.0. The van der Waals surface area contributed by atoms with Crippen LogP contribution in [-0.2, 0) is 6.61 Å². The van der Waals surface area contributed by atoms with Crippen molar-refractivity contribution < 1.29 is 14.8 Å². The highest BCUT2D eigenvalue weighted by Gasteiger charge is 2.21. The Labute approximate surface area is 204 Å². The summed E-state index contributed by atoms with van der Waals surface area (Å²) < 4.78 is 7.25. The van der Waals surface area contributed by atoms with E-state index in [0.717, 1.165) is 33.5 Å². The fraction of sp³-hybridized carbons (Fsp3) is 0.217. The van der Waals surface area contributed by atoms with E-state index < -0.39 is 22.0 Å². The minimum atomic E-state index is -1.03. The van der Waals surface area contributed by atoms with Crippen LogP contribution in [0.4, 0.5) is 11.4 Å². The Bertz CT molecular complexity index is 1220. The molecule has 2 N–H and O–H groups in total. The molecule has 0 unspecified atom stereocenters. The van der Waals surface area contributed by atoms with Crippen molar-refractivity contribution in [3.05, 3.63) is 83.5 Å². The molecule has 0 spiro atoms. The third kappa shape index (κ3) is 6.09. The number of ether oxygens (including phenoxy) is 1. The number of anilines is 1. The molecule has 2 aromatic carbocycles. The Morgan fingerprint density at radius 3 is 2.48 bits per heavy atom. The predicted molar refractivity (Wildman–Crippen MR) is 136 cm³/mol. The zero-order valence-electron chi connectivity index (χ0n) is 18.1. The van der Waals surface area contributed by atoms with Gasteiger partial charge in [0.2, 0.25) is 0 Å². The van der Waals surface area contributed by atoms with Crippen molar-refractivity contribution in [2.45, 2.75) is 20.5 Å². The van der Waals surface area contributed by atoms with Crippen molar-refractivity contribution in [3.8, 4) is 11.6 Å². The zero-order valence-corrected chi connectivity index (χ0v) is 20.3. The molecule has 0 bridgehead atoms. The molecule has 0 saturated carbocycles. The minimum absolute atomic E-state index is 0.0143. The number of benzene rings is 2. The second kappa shape index (κ2) is 10.9. The first-order valence-electron chi connectivity index (χ1n) is 10.2. The van der Waals surface area contributed by atoms with E-state index >= 15 is 0 Å². The molecule has 0 atom stereocenters. The number of hydrogen-bond donors (Lipinski definition) is 2. The lowest BCUT2D eigenvalue weighted by Crippen LogP contribution is -2.21. The van der Waals surface area contributed by atoms with Crippen molar-refractivity contribution >= 4 is 46.1 Å². The maximum absolute atomic E-state index is 11.9. The quantitative estimate of drug-likeness (QED) is 0.222. The maximum Gasteiger partial charge on any atom is 0.395 e.